The van der Waals surface area contributed by atoms with E-state index in [4.69, 9.17) is 0 Å². The molecule has 1 aliphatic rings. The van der Waals surface area contributed by atoms with Gasteiger partial charge in [0.15, 0.2) is 0 Å². The molecule has 0 bridgehead atoms. The van der Waals surface area contributed by atoms with Gasteiger partial charge in [0.25, 0.3) is 0 Å². The molecule has 1 saturated heterocycles. The second-order valence-electron chi connectivity index (χ2n) is 8.78. The number of likely N-dealkylation sites (N-methyl/N-ethyl adjacent to an activating group) is 1. The van der Waals surface area contributed by atoms with Gasteiger partial charge >= 0.3 is 0 Å². The quantitative estimate of drug-likeness (QED) is 0.586. The average molecular weight is 359 g/mol. The topological polar surface area (TPSA) is 13.0 Å². The smallest absolute Gasteiger partial charge is 0.0241 e. The molecule has 0 aromatic carbocycles. The fraction of sp³-hybridized carbons (Fsp3) is 1.00. The van der Waals surface area contributed by atoms with Gasteiger partial charge in [-0.05, 0) is 24.8 Å². The molecule has 0 radical (unpaired) electrons. The van der Waals surface area contributed by atoms with Gasteiger partial charge in [0.1, 0.15) is 0 Å². The molecule has 0 aliphatic carbocycles. The second-order valence-corrected chi connectivity index (χ2v) is 10.2. The minimum Gasteiger partial charge on any atom is -0.305 e. The zero-order chi connectivity index (χ0) is 18.1. The van der Waals surface area contributed by atoms with E-state index in [0.29, 0.717) is 0 Å². The number of hydrogen-bond donors (Lipinski definition) is 0. The van der Waals surface area contributed by atoms with Crippen LogP contribution in [0.3, 0.4) is 0 Å². The molecule has 0 N–H and O–H groups in total. The predicted molar refractivity (Wildman–Crippen MR) is 110 cm³/mol. The van der Waals surface area contributed by atoms with Gasteiger partial charge < -0.3 is 4.90 Å². The van der Waals surface area contributed by atoms with Crippen LogP contribution in [-0.2, 0) is 0 Å². The van der Waals surface area contributed by atoms with Gasteiger partial charge in [-0.1, -0.05) is 41.5 Å². The molecule has 24 heavy (non-hydrogen) atoms. The van der Waals surface area contributed by atoms with Crippen molar-refractivity contribution in [1.82, 2.24) is 19.1 Å². The van der Waals surface area contributed by atoms with Crippen LogP contribution in [0.1, 0.15) is 41.5 Å². The number of hydrogen-bond acceptors (Lipinski definition) is 4. The van der Waals surface area contributed by atoms with Crippen LogP contribution in [0.4, 0.5) is 0 Å². The Hall–Kier alpha value is 0.270. The van der Waals surface area contributed by atoms with Gasteiger partial charge in [0.2, 0.25) is 0 Å². The first-order chi connectivity index (χ1) is 11.3. The summed E-state index contributed by atoms with van der Waals surface area (Å²) in [6.45, 7) is 24.9. The third-order valence-corrected chi connectivity index (χ3v) is 5.68. The molecule has 144 valence electrons. The summed E-state index contributed by atoms with van der Waals surface area (Å²) < 4.78 is 5.38. The summed E-state index contributed by atoms with van der Waals surface area (Å²) in [6.07, 6.45) is 0. The third-order valence-electron chi connectivity index (χ3n) is 4.30. The Morgan fingerprint density at radius 2 is 1.29 bits per heavy atom. The Bertz CT molecular complexity index is 300. The van der Waals surface area contributed by atoms with Crippen LogP contribution in [0.25, 0.3) is 0 Å². The maximum absolute atomic E-state index is 2.69. The van der Waals surface area contributed by atoms with E-state index in [1.54, 1.807) is 0 Å². The van der Waals surface area contributed by atoms with E-state index < -0.39 is 0 Å². The van der Waals surface area contributed by atoms with Crippen molar-refractivity contribution in [3.8, 4) is 0 Å². The molecule has 0 aromatic heterocycles. The van der Waals surface area contributed by atoms with Crippen LogP contribution in [0.2, 0.25) is 0 Å². The summed E-state index contributed by atoms with van der Waals surface area (Å²) in [4.78, 5) is 5.17. The van der Waals surface area contributed by atoms with E-state index in [0.717, 1.165) is 26.6 Å². The average Bonchev–Trinajstić information content (AvgIpc) is 2.41. The summed E-state index contributed by atoms with van der Waals surface area (Å²) in [7, 11) is 3.14. The van der Waals surface area contributed by atoms with Gasteiger partial charge in [-0.2, -0.15) is 0 Å². The van der Waals surface area contributed by atoms with E-state index in [2.05, 4.69) is 67.7 Å². The summed E-state index contributed by atoms with van der Waals surface area (Å²) in [6, 6.07) is 0. The van der Waals surface area contributed by atoms with Gasteiger partial charge in [0, 0.05) is 67.8 Å². The Morgan fingerprint density at radius 1 is 0.792 bits per heavy atom. The minimum atomic E-state index is 0.753. The highest BCUT2D eigenvalue weighted by atomic mass is 31.1. The Balaban J connectivity index is 2.53. The van der Waals surface area contributed by atoms with Gasteiger partial charge in [0.05, 0.1) is 0 Å². The normalized spacial score (nSPS) is 19.6. The highest BCUT2D eigenvalue weighted by molar-refractivity contribution is 7.32. The summed E-state index contributed by atoms with van der Waals surface area (Å²) >= 11 is 0. The summed E-state index contributed by atoms with van der Waals surface area (Å²) in [5.74, 6) is 2.26. The Labute approximate surface area is 153 Å². The lowest BCUT2D eigenvalue weighted by molar-refractivity contribution is 0.180. The first-order valence-electron chi connectivity index (χ1n) is 9.93. The molecule has 4 nitrogen and oxygen atoms in total. The SMILES string of the molecule is CC(C)CN(C)CCN1CCN(CC(C)C)PN(CC(C)C)CC1. The van der Waals surface area contributed by atoms with Crippen LogP contribution in [-0.4, -0.2) is 85.1 Å². The zero-order valence-electron chi connectivity index (χ0n) is 17.4. The maximum atomic E-state index is 2.69. The van der Waals surface area contributed by atoms with Crippen molar-refractivity contribution in [2.75, 3.05) is 66.0 Å². The number of rotatable bonds is 9. The van der Waals surface area contributed by atoms with Crippen LogP contribution in [0.5, 0.6) is 0 Å². The molecule has 1 rings (SSSR count). The molecule has 0 amide bonds. The van der Waals surface area contributed by atoms with E-state index in [1.165, 1.54) is 58.9 Å². The molecule has 0 spiro atoms. The van der Waals surface area contributed by atoms with Crippen LogP contribution >= 0.6 is 8.88 Å². The fourth-order valence-electron chi connectivity index (χ4n) is 3.33. The molecule has 0 atom stereocenters. The van der Waals surface area contributed by atoms with E-state index in [-0.39, 0.29) is 0 Å². The van der Waals surface area contributed by atoms with Gasteiger partial charge in [-0.3, -0.25) is 14.2 Å². The van der Waals surface area contributed by atoms with Crippen LogP contribution in [0.15, 0.2) is 0 Å². The molecule has 1 heterocycles. The first kappa shape index (κ1) is 22.3. The largest absolute Gasteiger partial charge is 0.305 e. The van der Waals surface area contributed by atoms with Crippen LogP contribution in [0, 0.1) is 17.8 Å². The lowest BCUT2D eigenvalue weighted by atomic mass is 10.2. The van der Waals surface area contributed by atoms with E-state index in [1.807, 2.05) is 0 Å². The Morgan fingerprint density at radius 3 is 1.71 bits per heavy atom. The van der Waals surface area contributed by atoms with E-state index in [9.17, 15) is 0 Å². The lowest BCUT2D eigenvalue weighted by Crippen LogP contribution is -2.45. The van der Waals surface area contributed by atoms with Crippen molar-refractivity contribution >= 4 is 8.88 Å². The molecule has 0 saturated carbocycles. The zero-order valence-corrected chi connectivity index (χ0v) is 18.4. The van der Waals surface area contributed by atoms with Gasteiger partial charge in [-0.25, -0.2) is 0 Å². The maximum Gasteiger partial charge on any atom is 0.0241 e. The Kier molecular flexibility index (Phi) is 11.0. The highest BCUT2D eigenvalue weighted by Crippen LogP contribution is 2.27. The standard InChI is InChI=1S/C19H43N4P/c1-17(2)14-20(7)8-9-21-10-12-22(15-18(3)4)24-23(13-11-21)16-19(5)6/h17-19,24H,8-16H2,1-7H3. The molecule has 1 aliphatic heterocycles. The van der Waals surface area contributed by atoms with Crippen molar-refractivity contribution in [3.63, 3.8) is 0 Å². The van der Waals surface area contributed by atoms with E-state index >= 15 is 0 Å². The summed E-state index contributed by atoms with van der Waals surface area (Å²) in [5, 5.41) is 0. The third kappa shape index (κ3) is 10.3. The van der Waals surface area contributed by atoms with Crippen LogP contribution < -0.4 is 0 Å². The second kappa shape index (κ2) is 11.8. The highest BCUT2D eigenvalue weighted by Gasteiger charge is 2.20. The van der Waals surface area contributed by atoms with Gasteiger partial charge in [-0.15, -0.1) is 0 Å². The van der Waals surface area contributed by atoms with Crippen molar-refractivity contribution in [2.45, 2.75) is 41.5 Å². The number of nitrogens with zero attached hydrogens (tertiary/aromatic N) is 4. The molecular weight excluding hydrogens is 315 g/mol. The van der Waals surface area contributed by atoms with Crippen molar-refractivity contribution in [2.24, 2.45) is 17.8 Å². The molecule has 1 fully saturated rings. The molecule has 5 heteroatoms. The molecular formula is C19H43N4P. The van der Waals surface area contributed by atoms with Crippen molar-refractivity contribution in [1.29, 1.82) is 0 Å². The fourth-order valence-corrected chi connectivity index (χ4v) is 5.03. The molecule has 0 unspecified atom stereocenters. The van der Waals surface area contributed by atoms with Crippen molar-refractivity contribution < 1.29 is 0 Å². The molecule has 0 aromatic rings. The summed E-state index contributed by atoms with van der Waals surface area (Å²) in [5.41, 5.74) is 0. The lowest BCUT2D eigenvalue weighted by Gasteiger charge is -2.38. The monoisotopic (exact) mass is 358 g/mol. The minimum absolute atomic E-state index is 0.753. The predicted octanol–water partition coefficient (Wildman–Crippen LogP) is 3.31. The van der Waals surface area contributed by atoms with Crippen molar-refractivity contribution in [3.05, 3.63) is 0 Å². The first-order valence-corrected chi connectivity index (χ1v) is 10.8.